The van der Waals surface area contributed by atoms with E-state index in [0.717, 1.165) is 19.5 Å². The van der Waals surface area contributed by atoms with E-state index in [-0.39, 0.29) is 1.43 Å². The van der Waals surface area contributed by atoms with Gasteiger partial charge in [-0.15, -0.1) is 10.8 Å². The number of nitrogens with zero attached hydrogens (tertiary/aromatic N) is 1. The lowest BCUT2D eigenvalue weighted by Crippen LogP contribution is -2.30. The van der Waals surface area contributed by atoms with Crippen LogP contribution < -0.4 is 5.32 Å². The number of rotatable bonds is 2. The molecule has 1 atom stereocenters. The summed E-state index contributed by atoms with van der Waals surface area (Å²) in [5.74, 6) is 0. The minimum Gasteiger partial charge on any atom is -0.316 e. The molecule has 0 spiro atoms. The lowest BCUT2D eigenvalue weighted by molar-refractivity contribution is 0.388. The third kappa shape index (κ3) is 2.31. The number of hydrogen-bond acceptors (Lipinski definition) is 4. The standard InChI is InChI=1S/C6H16N2O2S.H2/c1-7-6-3-4-8(5-6)11(2,9)10;/h6-7,9-10H,3-5H2,1-2H3;1H/t6-;/m0./s1. The zero-order valence-electron chi connectivity index (χ0n) is 6.95. The molecule has 1 rings (SSSR count). The molecule has 4 nitrogen and oxygen atoms in total. The predicted octanol–water partition coefficient (Wildman–Crippen LogP) is 0.822. The Morgan fingerprint density at radius 3 is 2.55 bits per heavy atom. The lowest BCUT2D eigenvalue weighted by Gasteiger charge is -2.36. The molecular weight excluding hydrogens is 164 g/mol. The Kier molecular flexibility index (Phi) is 2.77. The van der Waals surface area contributed by atoms with Crippen LogP contribution in [0.3, 0.4) is 0 Å². The molecule has 1 saturated heterocycles. The van der Waals surface area contributed by atoms with Gasteiger partial charge in [0.2, 0.25) is 0 Å². The first-order valence-electron chi connectivity index (χ1n) is 3.69. The summed E-state index contributed by atoms with van der Waals surface area (Å²) in [5.41, 5.74) is 0. The van der Waals surface area contributed by atoms with Crippen molar-refractivity contribution in [1.82, 2.24) is 9.62 Å². The molecule has 0 aromatic carbocycles. The normalized spacial score (nSPS) is 29.3. The maximum atomic E-state index is 9.27. The fraction of sp³-hybridized carbons (Fsp3) is 1.00. The summed E-state index contributed by atoms with van der Waals surface area (Å²) >= 11 is 0. The second-order valence-corrected chi connectivity index (χ2v) is 5.06. The van der Waals surface area contributed by atoms with Gasteiger partial charge in [0.1, 0.15) is 0 Å². The van der Waals surface area contributed by atoms with E-state index in [2.05, 4.69) is 5.32 Å². The Labute approximate surface area is 70.6 Å². The van der Waals surface area contributed by atoms with E-state index in [1.165, 1.54) is 6.26 Å². The first-order valence-corrected chi connectivity index (χ1v) is 5.61. The van der Waals surface area contributed by atoms with E-state index in [0.29, 0.717) is 6.04 Å². The molecule has 0 aromatic heterocycles. The van der Waals surface area contributed by atoms with Crippen LogP contribution in [0.15, 0.2) is 0 Å². The van der Waals surface area contributed by atoms with Crippen LogP contribution in [0.2, 0.25) is 0 Å². The van der Waals surface area contributed by atoms with Crippen molar-refractivity contribution in [2.24, 2.45) is 0 Å². The fourth-order valence-corrected chi connectivity index (χ4v) is 2.19. The first-order chi connectivity index (χ1) is 5.04. The minimum absolute atomic E-state index is 0. The van der Waals surface area contributed by atoms with E-state index >= 15 is 0 Å². The SMILES string of the molecule is CN[C@H]1CCN(S(C)(O)O)C1.[HH]. The highest BCUT2D eigenvalue weighted by Crippen LogP contribution is 2.40. The Bertz CT molecular complexity index is 142. The molecule has 1 aliphatic heterocycles. The summed E-state index contributed by atoms with van der Waals surface area (Å²) in [6.07, 6.45) is 2.48. The van der Waals surface area contributed by atoms with Gasteiger partial charge in [-0.2, -0.15) is 0 Å². The molecule has 70 valence electrons. The van der Waals surface area contributed by atoms with Gasteiger partial charge in [0.15, 0.2) is 0 Å². The van der Waals surface area contributed by atoms with Crippen molar-refractivity contribution in [1.29, 1.82) is 0 Å². The summed E-state index contributed by atoms with van der Waals surface area (Å²) in [4.78, 5) is 0. The van der Waals surface area contributed by atoms with Crippen LogP contribution in [0, 0.1) is 0 Å². The molecule has 1 fully saturated rings. The maximum absolute atomic E-state index is 9.27. The molecule has 11 heavy (non-hydrogen) atoms. The number of hydrogen-bond donors (Lipinski definition) is 3. The molecule has 1 heterocycles. The van der Waals surface area contributed by atoms with Gasteiger partial charge in [-0.25, -0.2) is 4.31 Å². The van der Waals surface area contributed by atoms with E-state index in [9.17, 15) is 9.11 Å². The van der Waals surface area contributed by atoms with Gasteiger partial charge >= 0.3 is 0 Å². The highest BCUT2D eigenvalue weighted by Gasteiger charge is 2.27. The minimum atomic E-state index is -2.45. The monoisotopic (exact) mass is 182 g/mol. The van der Waals surface area contributed by atoms with Crippen LogP contribution >= 0.6 is 10.8 Å². The van der Waals surface area contributed by atoms with E-state index in [1.54, 1.807) is 4.31 Å². The van der Waals surface area contributed by atoms with Crippen LogP contribution in [-0.2, 0) is 0 Å². The summed E-state index contributed by atoms with van der Waals surface area (Å²) < 4.78 is 20.3. The topological polar surface area (TPSA) is 55.7 Å². The Morgan fingerprint density at radius 1 is 1.64 bits per heavy atom. The summed E-state index contributed by atoms with van der Waals surface area (Å²) in [7, 11) is -0.554. The zero-order chi connectivity index (χ0) is 8.48. The largest absolute Gasteiger partial charge is 0.316 e. The Morgan fingerprint density at radius 2 is 2.27 bits per heavy atom. The van der Waals surface area contributed by atoms with Crippen molar-refractivity contribution in [3.05, 3.63) is 0 Å². The van der Waals surface area contributed by atoms with Crippen molar-refractivity contribution in [2.75, 3.05) is 26.4 Å². The van der Waals surface area contributed by atoms with Crippen molar-refractivity contribution < 1.29 is 10.5 Å². The van der Waals surface area contributed by atoms with Crippen LogP contribution in [0.5, 0.6) is 0 Å². The highest BCUT2D eigenvalue weighted by molar-refractivity contribution is 8.21. The molecule has 0 radical (unpaired) electrons. The smallest absolute Gasteiger partial charge is 0.0418 e. The van der Waals surface area contributed by atoms with Crippen LogP contribution in [0.4, 0.5) is 0 Å². The second kappa shape index (κ2) is 3.28. The molecule has 0 bridgehead atoms. The molecule has 0 aromatic rings. The summed E-state index contributed by atoms with van der Waals surface area (Å²) in [6.45, 7) is 1.53. The van der Waals surface area contributed by atoms with Crippen LogP contribution in [-0.4, -0.2) is 45.8 Å². The van der Waals surface area contributed by atoms with E-state index in [1.807, 2.05) is 7.05 Å². The van der Waals surface area contributed by atoms with Crippen molar-refractivity contribution in [3.8, 4) is 0 Å². The van der Waals surface area contributed by atoms with Gasteiger partial charge in [-0.05, 0) is 13.5 Å². The Hall–Kier alpha value is 0.190. The Balaban J connectivity index is 0.00000121. The second-order valence-electron chi connectivity index (χ2n) is 2.95. The summed E-state index contributed by atoms with van der Waals surface area (Å²) in [5, 5.41) is 3.12. The number of likely N-dealkylation sites (N-methyl/N-ethyl adjacent to an activating group) is 1. The van der Waals surface area contributed by atoms with Crippen molar-refractivity contribution in [2.45, 2.75) is 12.5 Å². The molecule has 0 aliphatic carbocycles. The molecule has 3 N–H and O–H groups in total. The molecule has 0 saturated carbocycles. The van der Waals surface area contributed by atoms with E-state index in [4.69, 9.17) is 0 Å². The molecule has 0 unspecified atom stereocenters. The van der Waals surface area contributed by atoms with Gasteiger partial charge in [0, 0.05) is 26.8 Å². The first kappa shape index (κ1) is 9.28. The van der Waals surface area contributed by atoms with Gasteiger partial charge in [0.05, 0.1) is 0 Å². The predicted molar refractivity (Wildman–Crippen MR) is 49.9 cm³/mol. The third-order valence-corrected chi connectivity index (χ3v) is 3.36. The van der Waals surface area contributed by atoms with Crippen LogP contribution in [0.1, 0.15) is 7.85 Å². The quantitative estimate of drug-likeness (QED) is 0.592. The maximum Gasteiger partial charge on any atom is 0.0418 e. The fourth-order valence-electron chi connectivity index (χ4n) is 1.28. The van der Waals surface area contributed by atoms with Gasteiger partial charge in [0.25, 0.3) is 0 Å². The third-order valence-electron chi connectivity index (χ3n) is 2.05. The average molecular weight is 182 g/mol. The van der Waals surface area contributed by atoms with Crippen molar-refractivity contribution in [3.63, 3.8) is 0 Å². The van der Waals surface area contributed by atoms with Crippen LogP contribution in [0.25, 0.3) is 0 Å². The molecular formula is C6H18N2O2S. The molecule has 1 aliphatic rings. The van der Waals surface area contributed by atoms with Gasteiger partial charge < -0.3 is 5.32 Å². The van der Waals surface area contributed by atoms with Gasteiger partial charge in [-0.1, -0.05) is 0 Å². The lowest BCUT2D eigenvalue weighted by atomic mass is 10.3. The van der Waals surface area contributed by atoms with Crippen molar-refractivity contribution >= 4 is 10.8 Å². The summed E-state index contributed by atoms with van der Waals surface area (Å²) in [6, 6.07) is 0.418. The molecule has 0 amide bonds. The van der Waals surface area contributed by atoms with E-state index < -0.39 is 10.8 Å². The highest BCUT2D eigenvalue weighted by atomic mass is 32.3. The zero-order valence-corrected chi connectivity index (χ0v) is 7.77. The van der Waals surface area contributed by atoms with Gasteiger partial charge in [-0.3, -0.25) is 9.11 Å². The molecule has 5 heteroatoms. The number of nitrogens with one attached hydrogen (secondary N) is 1. The average Bonchev–Trinajstić information content (AvgIpc) is 2.32.